The van der Waals surface area contributed by atoms with Crippen LogP contribution in [0.25, 0.3) is 0 Å². The van der Waals surface area contributed by atoms with Crippen LogP contribution in [0.15, 0.2) is 24.3 Å². The Kier molecular flexibility index (Phi) is 8.26. The molecule has 3 heteroatoms. The lowest BCUT2D eigenvalue weighted by atomic mass is 9.89. The first-order valence-electron chi connectivity index (χ1n) is 9.33. The van der Waals surface area contributed by atoms with Crippen molar-refractivity contribution in [2.24, 2.45) is 5.92 Å². The van der Waals surface area contributed by atoms with Crippen molar-refractivity contribution in [2.75, 3.05) is 0 Å². The fourth-order valence-corrected chi connectivity index (χ4v) is 4.08. The number of hydrogen-bond acceptors (Lipinski definition) is 2. The standard InChI is InChI=1S/C20H38O2Si/c1-17(21)16-19(22-23(5,6)20(2,3)4)15-11-10-14-18-12-8-7-9-13-18/h10-11,14-15,17-19,21H,7-9,12-13,16H2,1-6H3/b14-10-,15-11+/t17?,19-/m0/s1. The maximum atomic E-state index is 9.77. The largest absolute Gasteiger partial charge is 0.410 e. The van der Waals surface area contributed by atoms with E-state index in [9.17, 15) is 5.11 Å². The number of allylic oxidation sites excluding steroid dienone is 3. The first-order valence-corrected chi connectivity index (χ1v) is 12.2. The number of hydrogen-bond donors (Lipinski definition) is 1. The highest BCUT2D eigenvalue weighted by atomic mass is 28.4. The van der Waals surface area contributed by atoms with E-state index in [1.807, 2.05) is 6.92 Å². The molecule has 0 aromatic carbocycles. The van der Waals surface area contributed by atoms with Gasteiger partial charge in [-0.2, -0.15) is 0 Å². The first-order chi connectivity index (χ1) is 10.6. The average Bonchev–Trinajstić information content (AvgIpc) is 2.42. The SMILES string of the molecule is CC(O)C[C@H](/C=C/C=C\C1CCCCC1)O[Si](C)(C)C(C)(C)C. The topological polar surface area (TPSA) is 29.5 Å². The van der Waals surface area contributed by atoms with Crippen molar-refractivity contribution >= 4 is 8.32 Å². The molecule has 0 aromatic rings. The van der Waals surface area contributed by atoms with E-state index in [0.29, 0.717) is 6.42 Å². The molecule has 1 fully saturated rings. The molecule has 0 heterocycles. The van der Waals surface area contributed by atoms with Gasteiger partial charge in [0.2, 0.25) is 0 Å². The number of rotatable bonds is 7. The molecule has 1 aliphatic rings. The first kappa shape index (κ1) is 20.7. The Morgan fingerprint density at radius 1 is 1.13 bits per heavy atom. The van der Waals surface area contributed by atoms with Crippen LogP contribution in [0.4, 0.5) is 0 Å². The van der Waals surface area contributed by atoms with Crippen molar-refractivity contribution in [3.05, 3.63) is 24.3 Å². The average molecular weight is 339 g/mol. The lowest BCUT2D eigenvalue weighted by Crippen LogP contribution is -2.44. The molecule has 0 aliphatic heterocycles. The van der Waals surface area contributed by atoms with E-state index in [2.05, 4.69) is 58.2 Å². The van der Waals surface area contributed by atoms with Crippen LogP contribution in [0.5, 0.6) is 0 Å². The summed E-state index contributed by atoms with van der Waals surface area (Å²) in [4.78, 5) is 0. The van der Waals surface area contributed by atoms with Crippen molar-refractivity contribution in [1.82, 2.24) is 0 Å². The van der Waals surface area contributed by atoms with Gasteiger partial charge in [-0.1, -0.05) is 64.3 Å². The molecule has 134 valence electrons. The second kappa shape index (κ2) is 9.19. The zero-order chi connectivity index (χ0) is 17.5. The molecule has 2 atom stereocenters. The summed E-state index contributed by atoms with van der Waals surface area (Å²) in [5.41, 5.74) is 0. The predicted octanol–water partition coefficient (Wildman–Crippen LogP) is 5.84. The van der Waals surface area contributed by atoms with Crippen LogP contribution in [-0.2, 0) is 4.43 Å². The highest BCUT2D eigenvalue weighted by Crippen LogP contribution is 2.37. The van der Waals surface area contributed by atoms with Crippen molar-refractivity contribution < 1.29 is 9.53 Å². The molecule has 0 aromatic heterocycles. The molecule has 2 nitrogen and oxygen atoms in total. The quantitative estimate of drug-likeness (QED) is 0.467. The molecule has 0 spiro atoms. The van der Waals surface area contributed by atoms with Gasteiger partial charge in [-0.3, -0.25) is 0 Å². The summed E-state index contributed by atoms with van der Waals surface area (Å²) in [6, 6.07) is 0. The molecular weight excluding hydrogens is 300 g/mol. The smallest absolute Gasteiger partial charge is 0.192 e. The molecule has 1 saturated carbocycles. The molecule has 0 radical (unpaired) electrons. The van der Waals surface area contributed by atoms with Gasteiger partial charge >= 0.3 is 0 Å². The third kappa shape index (κ3) is 7.82. The number of aliphatic hydroxyl groups excluding tert-OH is 1. The molecule has 23 heavy (non-hydrogen) atoms. The van der Waals surface area contributed by atoms with Gasteiger partial charge in [-0.05, 0) is 43.8 Å². The van der Waals surface area contributed by atoms with Crippen LogP contribution in [0.1, 0.15) is 66.2 Å². The van der Waals surface area contributed by atoms with E-state index < -0.39 is 8.32 Å². The van der Waals surface area contributed by atoms with Gasteiger partial charge in [-0.25, -0.2) is 0 Å². The molecule has 0 saturated heterocycles. The van der Waals surface area contributed by atoms with Crippen molar-refractivity contribution in [3.63, 3.8) is 0 Å². The van der Waals surface area contributed by atoms with E-state index in [0.717, 1.165) is 5.92 Å². The maximum absolute atomic E-state index is 9.77. The second-order valence-corrected chi connectivity index (χ2v) is 13.4. The van der Waals surface area contributed by atoms with Crippen molar-refractivity contribution in [2.45, 2.75) is 96.6 Å². The molecular formula is C20H38O2Si. The molecule has 1 unspecified atom stereocenters. The minimum Gasteiger partial charge on any atom is -0.410 e. The molecule has 0 amide bonds. The fraction of sp³-hybridized carbons (Fsp3) is 0.800. The van der Waals surface area contributed by atoms with Crippen LogP contribution in [0.3, 0.4) is 0 Å². The Morgan fingerprint density at radius 3 is 2.26 bits per heavy atom. The van der Waals surface area contributed by atoms with Gasteiger partial charge in [-0.15, -0.1) is 0 Å². The zero-order valence-electron chi connectivity index (χ0n) is 16.1. The van der Waals surface area contributed by atoms with Crippen molar-refractivity contribution in [1.29, 1.82) is 0 Å². The van der Waals surface area contributed by atoms with Gasteiger partial charge in [0.1, 0.15) is 0 Å². The Labute approximate surface area is 145 Å². The second-order valence-electron chi connectivity index (χ2n) is 8.67. The van der Waals surface area contributed by atoms with Crippen LogP contribution in [0, 0.1) is 5.92 Å². The summed E-state index contributed by atoms with van der Waals surface area (Å²) in [6.07, 6.45) is 15.9. The maximum Gasteiger partial charge on any atom is 0.192 e. The highest BCUT2D eigenvalue weighted by Gasteiger charge is 2.38. The monoisotopic (exact) mass is 338 g/mol. The van der Waals surface area contributed by atoms with Gasteiger partial charge in [0, 0.05) is 6.42 Å². The number of aliphatic hydroxyl groups is 1. The third-order valence-electron chi connectivity index (χ3n) is 5.30. The van der Waals surface area contributed by atoms with Crippen LogP contribution >= 0.6 is 0 Å². The molecule has 1 rings (SSSR count). The summed E-state index contributed by atoms with van der Waals surface area (Å²) in [7, 11) is -1.81. The molecule has 1 N–H and O–H groups in total. The van der Waals surface area contributed by atoms with E-state index in [1.165, 1.54) is 32.1 Å². The van der Waals surface area contributed by atoms with Crippen molar-refractivity contribution in [3.8, 4) is 0 Å². The van der Waals surface area contributed by atoms with E-state index >= 15 is 0 Å². The third-order valence-corrected chi connectivity index (χ3v) is 9.80. The van der Waals surface area contributed by atoms with Gasteiger partial charge in [0.05, 0.1) is 12.2 Å². The van der Waals surface area contributed by atoms with Gasteiger partial charge < -0.3 is 9.53 Å². The summed E-state index contributed by atoms with van der Waals surface area (Å²) in [5, 5.41) is 9.96. The minimum absolute atomic E-state index is 0.00639. The Bertz CT molecular complexity index is 385. The van der Waals surface area contributed by atoms with Gasteiger partial charge in [0.15, 0.2) is 8.32 Å². The lowest BCUT2D eigenvalue weighted by Gasteiger charge is -2.39. The van der Waals surface area contributed by atoms with E-state index in [-0.39, 0.29) is 17.2 Å². The Balaban J connectivity index is 2.63. The molecule has 1 aliphatic carbocycles. The Morgan fingerprint density at radius 2 is 1.74 bits per heavy atom. The zero-order valence-corrected chi connectivity index (χ0v) is 17.1. The summed E-state index contributed by atoms with van der Waals surface area (Å²) in [6.45, 7) is 13.2. The normalized spacial score (nSPS) is 21.2. The van der Waals surface area contributed by atoms with Crippen LogP contribution in [0.2, 0.25) is 18.1 Å². The van der Waals surface area contributed by atoms with Crippen LogP contribution in [-0.4, -0.2) is 25.6 Å². The fourth-order valence-electron chi connectivity index (χ4n) is 2.79. The molecule has 0 bridgehead atoms. The van der Waals surface area contributed by atoms with Crippen LogP contribution < -0.4 is 0 Å². The minimum atomic E-state index is -1.81. The lowest BCUT2D eigenvalue weighted by molar-refractivity contribution is 0.120. The Hall–Kier alpha value is -0.383. The summed E-state index contributed by atoms with van der Waals surface area (Å²) >= 11 is 0. The predicted molar refractivity (Wildman–Crippen MR) is 103 cm³/mol. The van der Waals surface area contributed by atoms with Gasteiger partial charge in [0.25, 0.3) is 0 Å². The summed E-state index contributed by atoms with van der Waals surface area (Å²) in [5.74, 6) is 0.755. The van der Waals surface area contributed by atoms with E-state index in [1.54, 1.807) is 0 Å². The highest BCUT2D eigenvalue weighted by molar-refractivity contribution is 6.74. The van der Waals surface area contributed by atoms with E-state index in [4.69, 9.17) is 4.43 Å². The summed E-state index contributed by atoms with van der Waals surface area (Å²) < 4.78 is 6.46.